The number of hydrogen-bond donors (Lipinski definition) is 0. The van der Waals surface area contributed by atoms with Crippen LogP contribution in [0.1, 0.15) is 30.1 Å². The smallest absolute Gasteiger partial charge is 0.163 e. The lowest BCUT2D eigenvalue weighted by molar-refractivity contribution is 0.0983. The molecule has 0 radical (unpaired) electrons. The molecule has 0 aliphatic carbocycles. The minimum Gasteiger partial charge on any atom is -0.294 e. The Labute approximate surface area is 79.1 Å². The van der Waals surface area contributed by atoms with Crippen molar-refractivity contribution in [1.29, 1.82) is 0 Å². The van der Waals surface area contributed by atoms with Crippen molar-refractivity contribution in [2.45, 2.75) is 19.8 Å². The zero-order chi connectivity index (χ0) is 9.52. The van der Waals surface area contributed by atoms with Crippen LogP contribution < -0.4 is 0 Å². The van der Waals surface area contributed by atoms with E-state index in [0.29, 0.717) is 6.42 Å². The number of carbonyl (C=O) groups excluding carboxylic acids is 1. The van der Waals surface area contributed by atoms with E-state index in [1.54, 1.807) is 0 Å². The molecule has 0 bridgehead atoms. The van der Waals surface area contributed by atoms with Gasteiger partial charge in [-0.1, -0.05) is 42.5 Å². The maximum Gasteiger partial charge on any atom is 0.163 e. The molecule has 0 amide bonds. The average molecular weight is 174 g/mol. The van der Waals surface area contributed by atoms with Crippen molar-refractivity contribution in [3.63, 3.8) is 0 Å². The number of allylic oxidation sites excluding steroid dienone is 2. The van der Waals surface area contributed by atoms with E-state index in [1.165, 1.54) is 0 Å². The molecule has 0 fully saturated rings. The van der Waals surface area contributed by atoms with Crippen LogP contribution in [0.25, 0.3) is 0 Å². The lowest BCUT2D eigenvalue weighted by Crippen LogP contribution is -1.96. The number of carbonyl (C=O) groups is 1. The Bertz CT molecular complexity index is 285. The second-order valence-corrected chi connectivity index (χ2v) is 2.90. The van der Waals surface area contributed by atoms with Crippen LogP contribution >= 0.6 is 0 Å². The third kappa shape index (κ3) is 3.24. The Hall–Kier alpha value is -1.37. The van der Waals surface area contributed by atoms with Gasteiger partial charge < -0.3 is 0 Å². The first kappa shape index (κ1) is 9.72. The zero-order valence-corrected chi connectivity index (χ0v) is 7.86. The van der Waals surface area contributed by atoms with Crippen LogP contribution in [-0.2, 0) is 0 Å². The second kappa shape index (κ2) is 5.31. The third-order valence-corrected chi connectivity index (χ3v) is 1.87. The normalized spacial score (nSPS) is 10.5. The Morgan fingerprint density at radius 1 is 1.31 bits per heavy atom. The minimum atomic E-state index is 0.221. The molecule has 68 valence electrons. The monoisotopic (exact) mass is 174 g/mol. The number of Topliss-reactive ketones (excluding diaryl/α,β-unsaturated/α-hetero) is 1. The molecule has 1 heteroatoms. The van der Waals surface area contributed by atoms with Crippen LogP contribution in [0.2, 0.25) is 0 Å². The Balaban J connectivity index is 2.49. The van der Waals surface area contributed by atoms with Crippen LogP contribution in [0, 0.1) is 0 Å². The summed E-state index contributed by atoms with van der Waals surface area (Å²) in [6.45, 7) is 1.97. The molecule has 0 saturated carbocycles. The molecule has 0 heterocycles. The molecule has 0 saturated heterocycles. The topological polar surface area (TPSA) is 17.1 Å². The molecule has 0 aliphatic rings. The highest BCUT2D eigenvalue weighted by Crippen LogP contribution is 2.05. The molecule has 1 aromatic rings. The van der Waals surface area contributed by atoms with Crippen molar-refractivity contribution in [3.8, 4) is 0 Å². The highest BCUT2D eigenvalue weighted by atomic mass is 16.1. The molecule has 0 spiro atoms. The van der Waals surface area contributed by atoms with Crippen LogP contribution in [0.3, 0.4) is 0 Å². The summed E-state index contributed by atoms with van der Waals surface area (Å²) in [5, 5.41) is 0. The first-order valence-electron chi connectivity index (χ1n) is 4.54. The van der Waals surface area contributed by atoms with Crippen LogP contribution in [-0.4, -0.2) is 5.78 Å². The summed E-state index contributed by atoms with van der Waals surface area (Å²) < 4.78 is 0. The lowest BCUT2D eigenvalue weighted by Gasteiger charge is -1.97. The summed E-state index contributed by atoms with van der Waals surface area (Å²) in [5.41, 5.74) is 0.812. The van der Waals surface area contributed by atoms with Gasteiger partial charge in [-0.15, -0.1) is 0 Å². The molecule has 1 nitrogen and oxygen atoms in total. The Morgan fingerprint density at radius 3 is 2.62 bits per heavy atom. The molecular weight excluding hydrogens is 160 g/mol. The summed E-state index contributed by atoms with van der Waals surface area (Å²) in [7, 11) is 0. The standard InChI is InChI=1S/C12H14O/c1-2-3-5-10-12(13)11-8-6-4-7-9-11/h2-4,6-9H,5,10H2,1H3/b3-2+. The quantitative estimate of drug-likeness (QED) is 0.506. The van der Waals surface area contributed by atoms with Gasteiger partial charge in [-0.2, -0.15) is 0 Å². The fourth-order valence-electron chi connectivity index (χ4n) is 1.15. The van der Waals surface area contributed by atoms with Gasteiger partial charge in [0.25, 0.3) is 0 Å². The van der Waals surface area contributed by atoms with E-state index in [4.69, 9.17) is 0 Å². The SMILES string of the molecule is C/C=C/CCC(=O)c1ccccc1. The van der Waals surface area contributed by atoms with Crippen molar-refractivity contribution in [2.24, 2.45) is 0 Å². The average Bonchev–Trinajstić information content (AvgIpc) is 2.19. The summed E-state index contributed by atoms with van der Waals surface area (Å²) in [6, 6.07) is 9.42. The number of hydrogen-bond acceptors (Lipinski definition) is 1. The largest absolute Gasteiger partial charge is 0.294 e. The number of rotatable bonds is 4. The van der Waals surface area contributed by atoms with E-state index in [-0.39, 0.29) is 5.78 Å². The van der Waals surface area contributed by atoms with E-state index in [1.807, 2.05) is 49.4 Å². The highest BCUT2D eigenvalue weighted by Gasteiger charge is 2.01. The van der Waals surface area contributed by atoms with Crippen molar-refractivity contribution in [2.75, 3.05) is 0 Å². The van der Waals surface area contributed by atoms with E-state index >= 15 is 0 Å². The van der Waals surface area contributed by atoms with Crippen molar-refractivity contribution >= 4 is 5.78 Å². The van der Waals surface area contributed by atoms with E-state index in [0.717, 1.165) is 12.0 Å². The first-order valence-corrected chi connectivity index (χ1v) is 4.54. The predicted molar refractivity (Wildman–Crippen MR) is 54.8 cm³/mol. The Kier molecular flexibility index (Phi) is 3.97. The van der Waals surface area contributed by atoms with Crippen molar-refractivity contribution in [3.05, 3.63) is 48.0 Å². The van der Waals surface area contributed by atoms with Crippen LogP contribution in [0.4, 0.5) is 0 Å². The summed E-state index contributed by atoms with van der Waals surface area (Å²) in [6.07, 6.45) is 5.43. The van der Waals surface area contributed by atoms with Gasteiger partial charge in [0.15, 0.2) is 5.78 Å². The highest BCUT2D eigenvalue weighted by molar-refractivity contribution is 5.96. The van der Waals surface area contributed by atoms with E-state index in [2.05, 4.69) is 0 Å². The number of benzene rings is 1. The molecule has 1 rings (SSSR count). The number of ketones is 1. The fraction of sp³-hybridized carbons (Fsp3) is 0.250. The van der Waals surface area contributed by atoms with Gasteiger partial charge in [0, 0.05) is 12.0 Å². The van der Waals surface area contributed by atoms with Gasteiger partial charge in [-0.05, 0) is 13.3 Å². The first-order chi connectivity index (χ1) is 6.34. The van der Waals surface area contributed by atoms with Gasteiger partial charge in [0.1, 0.15) is 0 Å². The maximum absolute atomic E-state index is 11.5. The second-order valence-electron chi connectivity index (χ2n) is 2.90. The van der Waals surface area contributed by atoms with E-state index < -0.39 is 0 Å². The minimum absolute atomic E-state index is 0.221. The molecule has 13 heavy (non-hydrogen) atoms. The summed E-state index contributed by atoms with van der Waals surface area (Å²) >= 11 is 0. The Morgan fingerprint density at radius 2 is 2.00 bits per heavy atom. The third-order valence-electron chi connectivity index (χ3n) is 1.87. The van der Waals surface area contributed by atoms with Gasteiger partial charge in [-0.3, -0.25) is 4.79 Å². The van der Waals surface area contributed by atoms with E-state index in [9.17, 15) is 4.79 Å². The van der Waals surface area contributed by atoms with Gasteiger partial charge in [0.2, 0.25) is 0 Å². The van der Waals surface area contributed by atoms with Gasteiger partial charge in [0.05, 0.1) is 0 Å². The molecule has 0 N–H and O–H groups in total. The van der Waals surface area contributed by atoms with Crippen LogP contribution in [0.5, 0.6) is 0 Å². The van der Waals surface area contributed by atoms with Crippen molar-refractivity contribution in [1.82, 2.24) is 0 Å². The zero-order valence-electron chi connectivity index (χ0n) is 7.86. The van der Waals surface area contributed by atoms with Gasteiger partial charge >= 0.3 is 0 Å². The molecular formula is C12H14O. The molecule has 0 aromatic heterocycles. The van der Waals surface area contributed by atoms with Crippen LogP contribution in [0.15, 0.2) is 42.5 Å². The maximum atomic E-state index is 11.5. The lowest BCUT2D eigenvalue weighted by atomic mass is 10.1. The molecule has 1 aromatic carbocycles. The fourth-order valence-corrected chi connectivity index (χ4v) is 1.15. The summed E-state index contributed by atoms with van der Waals surface area (Å²) in [5.74, 6) is 0.221. The van der Waals surface area contributed by atoms with Gasteiger partial charge in [-0.25, -0.2) is 0 Å². The predicted octanol–water partition coefficient (Wildman–Crippen LogP) is 3.23. The molecule has 0 aliphatic heterocycles. The molecule has 0 atom stereocenters. The molecule has 0 unspecified atom stereocenters. The van der Waals surface area contributed by atoms with Crippen molar-refractivity contribution < 1.29 is 4.79 Å². The summed E-state index contributed by atoms with van der Waals surface area (Å²) in [4.78, 5) is 11.5.